The summed E-state index contributed by atoms with van der Waals surface area (Å²) in [7, 11) is 0. The molecule has 3 rings (SSSR count). The highest BCUT2D eigenvalue weighted by molar-refractivity contribution is 9.11. The van der Waals surface area contributed by atoms with Crippen LogP contribution in [-0.2, 0) is 0 Å². The van der Waals surface area contributed by atoms with E-state index in [0.717, 1.165) is 8.95 Å². The Kier molecular flexibility index (Phi) is 4.18. The van der Waals surface area contributed by atoms with Crippen molar-refractivity contribution in [1.82, 2.24) is 4.98 Å². The van der Waals surface area contributed by atoms with Crippen molar-refractivity contribution < 1.29 is 15.0 Å². The molecule has 2 aromatic carbocycles. The predicted molar refractivity (Wildman–Crippen MR) is 92.3 cm³/mol. The SMILES string of the molecule is O=C(N=Nc1c(O)[nH]c2c(Br)cc(Br)cc12)c1ccc(O)cc1. The van der Waals surface area contributed by atoms with E-state index < -0.39 is 5.91 Å². The molecule has 0 aliphatic carbocycles. The van der Waals surface area contributed by atoms with E-state index in [9.17, 15) is 15.0 Å². The maximum absolute atomic E-state index is 12.0. The third kappa shape index (κ3) is 3.13. The Morgan fingerprint density at radius 2 is 1.78 bits per heavy atom. The van der Waals surface area contributed by atoms with Crippen molar-refractivity contribution in [2.45, 2.75) is 0 Å². The number of aromatic amines is 1. The van der Waals surface area contributed by atoms with Crippen molar-refractivity contribution in [2.24, 2.45) is 10.2 Å². The Labute approximate surface area is 147 Å². The fraction of sp³-hybridized carbons (Fsp3) is 0. The van der Waals surface area contributed by atoms with E-state index in [1.54, 1.807) is 6.07 Å². The van der Waals surface area contributed by atoms with Crippen LogP contribution >= 0.6 is 31.9 Å². The summed E-state index contributed by atoms with van der Waals surface area (Å²) < 4.78 is 1.53. The summed E-state index contributed by atoms with van der Waals surface area (Å²) in [4.78, 5) is 14.8. The van der Waals surface area contributed by atoms with Crippen LogP contribution < -0.4 is 0 Å². The van der Waals surface area contributed by atoms with Gasteiger partial charge in [-0.3, -0.25) is 4.79 Å². The largest absolute Gasteiger partial charge is 0.508 e. The van der Waals surface area contributed by atoms with Crippen LogP contribution in [0.1, 0.15) is 10.4 Å². The molecule has 3 aromatic rings. The highest BCUT2D eigenvalue weighted by atomic mass is 79.9. The Bertz CT molecular complexity index is 933. The Morgan fingerprint density at radius 3 is 2.48 bits per heavy atom. The molecule has 1 aromatic heterocycles. The van der Waals surface area contributed by atoms with Gasteiger partial charge in [-0.2, -0.15) is 0 Å². The molecular formula is C15H9Br2N3O3. The molecule has 0 spiro atoms. The van der Waals surface area contributed by atoms with Gasteiger partial charge in [0.1, 0.15) is 5.75 Å². The maximum Gasteiger partial charge on any atom is 0.295 e. The smallest absolute Gasteiger partial charge is 0.295 e. The van der Waals surface area contributed by atoms with E-state index in [4.69, 9.17) is 0 Å². The third-order valence-electron chi connectivity index (χ3n) is 3.13. The summed E-state index contributed by atoms with van der Waals surface area (Å²) in [6, 6.07) is 9.24. The number of hydrogen-bond donors (Lipinski definition) is 3. The monoisotopic (exact) mass is 437 g/mol. The van der Waals surface area contributed by atoms with Crippen LogP contribution in [0.25, 0.3) is 10.9 Å². The van der Waals surface area contributed by atoms with E-state index in [1.165, 1.54) is 24.3 Å². The lowest BCUT2D eigenvalue weighted by Gasteiger charge is -1.97. The molecule has 1 amide bonds. The van der Waals surface area contributed by atoms with Crippen molar-refractivity contribution in [1.29, 1.82) is 0 Å². The van der Waals surface area contributed by atoms with E-state index in [2.05, 4.69) is 47.1 Å². The molecule has 0 aliphatic heterocycles. The second-order valence-electron chi connectivity index (χ2n) is 4.68. The number of aromatic hydroxyl groups is 2. The number of hydrogen-bond acceptors (Lipinski definition) is 4. The molecule has 8 heteroatoms. The second kappa shape index (κ2) is 6.13. The van der Waals surface area contributed by atoms with Gasteiger partial charge in [0.05, 0.1) is 5.52 Å². The van der Waals surface area contributed by atoms with E-state index in [0.29, 0.717) is 10.9 Å². The molecule has 116 valence electrons. The number of carbonyl (C=O) groups excluding carboxylic acids is 1. The van der Waals surface area contributed by atoms with E-state index in [-0.39, 0.29) is 22.9 Å². The number of fused-ring (bicyclic) bond motifs is 1. The standard InChI is InChI=1S/C15H9Br2N3O3/c16-8-5-10-12(11(17)6-8)18-15(23)13(10)19-20-14(22)7-1-3-9(21)4-2-7/h1-6,18,21,23H. The number of carbonyl (C=O) groups is 1. The van der Waals surface area contributed by atoms with Crippen LogP contribution in [0.4, 0.5) is 5.69 Å². The lowest BCUT2D eigenvalue weighted by atomic mass is 10.2. The first kappa shape index (κ1) is 15.7. The van der Waals surface area contributed by atoms with E-state index in [1.807, 2.05) is 6.07 Å². The first-order valence-corrected chi connectivity index (χ1v) is 7.99. The highest BCUT2D eigenvalue weighted by Gasteiger charge is 2.14. The fourth-order valence-corrected chi connectivity index (χ4v) is 3.38. The van der Waals surface area contributed by atoms with Crippen LogP contribution in [0, 0.1) is 0 Å². The number of azo groups is 1. The van der Waals surface area contributed by atoms with Gasteiger partial charge in [-0.1, -0.05) is 15.9 Å². The molecule has 0 radical (unpaired) electrons. The molecule has 0 aliphatic rings. The predicted octanol–water partition coefficient (Wildman–Crippen LogP) is 5.03. The molecule has 0 saturated heterocycles. The van der Waals surface area contributed by atoms with Crippen molar-refractivity contribution in [2.75, 3.05) is 0 Å². The summed E-state index contributed by atoms with van der Waals surface area (Å²) >= 11 is 6.75. The average Bonchev–Trinajstić information content (AvgIpc) is 2.82. The van der Waals surface area contributed by atoms with Gasteiger partial charge in [-0.05, 0) is 52.3 Å². The molecular weight excluding hydrogens is 430 g/mol. The molecule has 0 saturated carbocycles. The van der Waals surface area contributed by atoms with Crippen molar-refractivity contribution in [3.05, 3.63) is 50.9 Å². The molecule has 23 heavy (non-hydrogen) atoms. The Hall–Kier alpha value is -2.19. The number of nitrogens with zero attached hydrogens (tertiary/aromatic N) is 2. The number of H-pyrrole nitrogens is 1. The normalized spacial score (nSPS) is 11.4. The molecule has 6 nitrogen and oxygen atoms in total. The second-order valence-corrected chi connectivity index (χ2v) is 6.45. The van der Waals surface area contributed by atoms with Gasteiger partial charge < -0.3 is 15.2 Å². The van der Waals surface area contributed by atoms with Crippen LogP contribution in [0.2, 0.25) is 0 Å². The number of nitrogens with one attached hydrogen (secondary N) is 1. The lowest BCUT2D eigenvalue weighted by Crippen LogP contribution is -1.92. The van der Waals surface area contributed by atoms with Gasteiger partial charge in [0.15, 0.2) is 5.69 Å². The summed E-state index contributed by atoms with van der Waals surface area (Å²) in [5.41, 5.74) is 1.11. The topological polar surface area (TPSA) is 98.0 Å². The van der Waals surface area contributed by atoms with Gasteiger partial charge in [0, 0.05) is 19.9 Å². The van der Waals surface area contributed by atoms with Gasteiger partial charge >= 0.3 is 0 Å². The molecule has 0 fully saturated rings. The molecule has 0 atom stereocenters. The number of halogens is 2. The van der Waals surface area contributed by atoms with Crippen molar-refractivity contribution in [3.63, 3.8) is 0 Å². The Balaban J connectivity index is 1.99. The van der Waals surface area contributed by atoms with Crippen molar-refractivity contribution >= 4 is 54.4 Å². The summed E-state index contributed by atoms with van der Waals surface area (Å²) in [6.45, 7) is 0. The minimum Gasteiger partial charge on any atom is -0.508 e. The fourth-order valence-electron chi connectivity index (χ4n) is 2.05. The summed E-state index contributed by atoms with van der Waals surface area (Å²) in [6.07, 6.45) is 0. The molecule has 3 N–H and O–H groups in total. The molecule has 1 heterocycles. The number of aromatic nitrogens is 1. The molecule has 0 unspecified atom stereocenters. The van der Waals surface area contributed by atoms with Crippen LogP contribution in [0.3, 0.4) is 0 Å². The van der Waals surface area contributed by atoms with Gasteiger partial charge in [0.2, 0.25) is 5.88 Å². The van der Waals surface area contributed by atoms with Crippen LogP contribution in [-0.4, -0.2) is 21.1 Å². The van der Waals surface area contributed by atoms with Gasteiger partial charge in [0.25, 0.3) is 5.91 Å². The van der Waals surface area contributed by atoms with Gasteiger partial charge in [-0.25, -0.2) is 0 Å². The number of phenolic OH excluding ortho intramolecular Hbond substituents is 1. The minimum atomic E-state index is -0.576. The lowest BCUT2D eigenvalue weighted by molar-refractivity contribution is 0.0995. The average molecular weight is 439 g/mol. The number of benzene rings is 2. The zero-order chi connectivity index (χ0) is 16.6. The van der Waals surface area contributed by atoms with Gasteiger partial charge in [-0.15, -0.1) is 10.2 Å². The number of amides is 1. The maximum atomic E-state index is 12.0. The number of phenols is 1. The van der Waals surface area contributed by atoms with Crippen LogP contribution in [0.15, 0.2) is 55.6 Å². The van der Waals surface area contributed by atoms with Crippen molar-refractivity contribution in [3.8, 4) is 11.6 Å². The summed E-state index contributed by atoms with van der Waals surface area (Å²) in [5, 5.41) is 27.3. The minimum absolute atomic E-state index is 0.0578. The van der Waals surface area contributed by atoms with E-state index >= 15 is 0 Å². The zero-order valence-electron chi connectivity index (χ0n) is 11.4. The summed E-state index contributed by atoms with van der Waals surface area (Å²) in [5.74, 6) is -0.698. The quantitative estimate of drug-likeness (QED) is 0.489. The first-order chi connectivity index (χ1) is 11.0. The molecule has 0 bridgehead atoms. The third-order valence-corrected chi connectivity index (χ3v) is 4.22. The number of rotatable bonds is 2. The van der Waals surface area contributed by atoms with Crippen LogP contribution in [0.5, 0.6) is 11.6 Å². The zero-order valence-corrected chi connectivity index (χ0v) is 14.6. The first-order valence-electron chi connectivity index (χ1n) is 6.40. The highest BCUT2D eigenvalue weighted by Crippen LogP contribution is 2.40. The Morgan fingerprint density at radius 1 is 1.09 bits per heavy atom.